The average molecular weight is 464 g/mol. The second-order valence-electron chi connectivity index (χ2n) is 12.5. The van der Waals surface area contributed by atoms with Gasteiger partial charge in [0.15, 0.2) is 0 Å². The summed E-state index contributed by atoms with van der Waals surface area (Å²) in [6, 6.07) is 5.51. The fraction of sp³-hybridized carbons (Fsp3) is 0.759. The van der Waals surface area contributed by atoms with E-state index in [1.54, 1.807) is 12.1 Å². The minimum atomic E-state index is -0.440. The van der Waals surface area contributed by atoms with Crippen molar-refractivity contribution in [3.05, 3.63) is 23.9 Å². The Morgan fingerprint density at radius 3 is 2.62 bits per heavy atom. The first-order chi connectivity index (χ1) is 16.2. The molecule has 4 aliphatic carbocycles. The number of carbonyl (C=O) groups is 1. The Morgan fingerprint density at radius 2 is 1.91 bits per heavy atom. The lowest BCUT2D eigenvalue weighted by Gasteiger charge is -2.62. The molecule has 2 N–H and O–H groups in total. The summed E-state index contributed by atoms with van der Waals surface area (Å²) in [5.74, 6) is 3.38. The quantitative estimate of drug-likeness (QED) is 0.566. The second kappa shape index (κ2) is 8.63. The van der Waals surface area contributed by atoms with Gasteiger partial charge in [0, 0.05) is 12.1 Å². The summed E-state index contributed by atoms with van der Waals surface area (Å²) >= 11 is 0. The third-order valence-electron chi connectivity index (χ3n) is 11.0. The lowest BCUT2D eigenvalue weighted by molar-refractivity contribution is -0.154. The highest BCUT2D eigenvalue weighted by Crippen LogP contribution is 2.68. The molecule has 0 radical (unpaired) electrons. The van der Waals surface area contributed by atoms with Crippen LogP contribution in [0, 0.1) is 51.8 Å². The van der Waals surface area contributed by atoms with E-state index >= 15 is 0 Å². The minimum Gasteiger partial charge on any atom is -0.390 e. The topological polar surface area (TPSA) is 86.0 Å². The fourth-order valence-corrected chi connectivity index (χ4v) is 9.19. The first-order valence-electron chi connectivity index (χ1n) is 13.6. The molecule has 0 aliphatic heterocycles. The average Bonchev–Trinajstić information content (AvgIpc) is 3.18. The molecule has 1 amide bonds. The molecule has 34 heavy (non-hydrogen) atoms. The molecule has 1 aromatic rings. The van der Waals surface area contributed by atoms with Gasteiger partial charge in [0.25, 0.3) is 0 Å². The summed E-state index contributed by atoms with van der Waals surface area (Å²) in [6.07, 6.45) is 13.6. The van der Waals surface area contributed by atoms with Gasteiger partial charge < -0.3 is 10.4 Å². The molecule has 4 fully saturated rings. The van der Waals surface area contributed by atoms with Crippen LogP contribution in [0.1, 0.15) is 97.0 Å². The number of hydrogen-bond donors (Lipinski definition) is 2. The van der Waals surface area contributed by atoms with E-state index in [2.05, 4.69) is 37.1 Å². The predicted molar refractivity (Wildman–Crippen MR) is 133 cm³/mol. The molecule has 0 spiro atoms. The van der Waals surface area contributed by atoms with E-state index in [4.69, 9.17) is 5.26 Å². The van der Waals surface area contributed by atoms with Crippen molar-refractivity contribution in [3.63, 3.8) is 0 Å². The molecule has 0 aromatic carbocycles. The van der Waals surface area contributed by atoms with Crippen LogP contribution in [0.4, 0.5) is 5.82 Å². The van der Waals surface area contributed by atoms with Crippen molar-refractivity contribution in [2.45, 2.75) is 97.0 Å². The Balaban J connectivity index is 1.30. The number of nitrogens with one attached hydrogen (secondary N) is 1. The summed E-state index contributed by atoms with van der Waals surface area (Å²) in [5.41, 5.74) is 0.463. The molecule has 0 saturated heterocycles. The molecular weight excluding hydrogens is 422 g/mol. The van der Waals surface area contributed by atoms with Crippen molar-refractivity contribution in [1.29, 1.82) is 5.26 Å². The molecule has 184 valence electrons. The maximum atomic E-state index is 13.4. The molecule has 1 aromatic heterocycles. The maximum Gasteiger partial charge on any atom is 0.229 e. The Kier molecular flexibility index (Phi) is 6.04. The van der Waals surface area contributed by atoms with Crippen LogP contribution in [0.2, 0.25) is 0 Å². The number of aromatic nitrogens is 1. The van der Waals surface area contributed by atoms with E-state index in [0.29, 0.717) is 34.6 Å². The van der Waals surface area contributed by atoms with Gasteiger partial charge in [0.2, 0.25) is 5.91 Å². The number of rotatable bonds is 4. The molecule has 0 bridgehead atoms. The highest BCUT2D eigenvalue weighted by atomic mass is 16.3. The molecule has 4 aliphatic rings. The third kappa shape index (κ3) is 3.77. The van der Waals surface area contributed by atoms with Crippen LogP contribution in [0.3, 0.4) is 0 Å². The highest BCUT2D eigenvalue weighted by Gasteiger charge is 2.62. The van der Waals surface area contributed by atoms with Gasteiger partial charge in [-0.25, -0.2) is 4.98 Å². The van der Waals surface area contributed by atoms with Gasteiger partial charge in [-0.3, -0.25) is 4.79 Å². The van der Waals surface area contributed by atoms with Crippen LogP contribution < -0.4 is 5.32 Å². The molecular formula is C29H41N3O2. The van der Waals surface area contributed by atoms with Gasteiger partial charge in [-0.05, 0) is 111 Å². The van der Waals surface area contributed by atoms with Crippen LogP contribution >= 0.6 is 0 Å². The van der Waals surface area contributed by atoms with Crippen LogP contribution in [0.5, 0.6) is 0 Å². The number of nitriles is 1. The Bertz CT molecular complexity index is 971. The molecule has 0 unspecified atom stereocenters. The van der Waals surface area contributed by atoms with Crippen LogP contribution in [-0.4, -0.2) is 21.6 Å². The SMILES string of the molecule is CCC[C@@]1(O)CC[C@@]2(C)[C@H](CC[C@@H]3[C@@H]2CC[C@]2(C)[C@@H](C(=O)Nc4ccc(C#N)cn4)CC[C@@H]32)C1. The van der Waals surface area contributed by atoms with Gasteiger partial charge in [-0.1, -0.05) is 27.2 Å². The largest absolute Gasteiger partial charge is 0.390 e. The normalized spacial score (nSPS) is 43.2. The van der Waals surface area contributed by atoms with E-state index < -0.39 is 5.60 Å². The number of amides is 1. The summed E-state index contributed by atoms with van der Waals surface area (Å²) in [4.78, 5) is 17.6. The standard InChI is InChI=1S/C29H41N3O2/c1-4-12-29(34)15-14-27(2)20(16-29)6-7-21-22-8-9-24(28(22,3)13-11-23(21)27)26(33)32-25-10-5-19(17-30)18-31-25/h5,10,18,20-24,34H,4,6-9,11-16H2,1-3H3,(H,31,32,33)/t20-,21+,22+,23+,24-,27+,28+,29-/m1/s1. The van der Waals surface area contributed by atoms with Gasteiger partial charge in [-0.15, -0.1) is 0 Å². The molecule has 5 heteroatoms. The summed E-state index contributed by atoms with van der Waals surface area (Å²) in [7, 11) is 0. The number of fused-ring (bicyclic) bond motifs is 5. The molecule has 8 atom stereocenters. The third-order valence-corrected chi connectivity index (χ3v) is 11.0. The minimum absolute atomic E-state index is 0.0300. The number of nitrogens with zero attached hydrogens (tertiary/aromatic N) is 2. The maximum absolute atomic E-state index is 13.4. The monoisotopic (exact) mass is 463 g/mol. The second-order valence-corrected chi connectivity index (χ2v) is 12.5. The summed E-state index contributed by atoms with van der Waals surface area (Å²) < 4.78 is 0. The molecule has 1 heterocycles. The van der Waals surface area contributed by atoms with E-state index in [9.17, 15) is 9.90 Å². The van der Waals surface area contributed by atoms with Crippen LogP contribution in [0.15, 0.2) is 18.3 Å². The zero-order valence-corrected chi connectivity index (χ0v) is 21.1. The number of aliphatic hydroxyl groups is 1. The molecule has 5 nitrogen and oxygen atoms in total. The molecule has 5 rings (SSSR count). The fourth-order valence-electron chi connectivity index (χ4n) is 9.19. The van der Waals surface area contributed by atoms with E-state index in [1.807, 2.05) is 0 Å². The zero-order chi connectivity index (χ0) is 24.1. The lowest BCUT2D eigenvalue weighted by Crippen LogP contribution is -2.56. The summed E-state index contributed by atoms with van der Waals surface area (Å²) in [6.45, 7) is 7.11. The number of anilines is 1. The van der Waals surface area contributed by atoms with E-state index in [1.165, 1.54) is 25.5 Å². The zero-order valence-electron chi connectivity index (χ0n) is 21.1. The summed E-state index contributed by atoms with van der Waals surface area (Å²) in [5, 5.41) is 23.2. The van der Waals surface area contributed by atoms with Crippen molar-refractivity contribution >= 4 is 11.7 Å². The highest BCUT2D eigenvalue weighted by molar-refractivity contribution is 5.92. The Labute approximate surface area is 204 Å². The van der Waals surface area contributed by atoms with Crippen molar-refractivity contribution in [2.24, 2.45) is 40.4 Å². The van der Waals surface area contributed by atoms with Gasteiger partial charge in [-0.2, -0.15) is 5.26 Å². The Hall–Kier alpha value is -1.93. The molecule has 4 saturated carbocycles. The van der Waals surface area contributed by atoms with Crippen molar-refractivity contribution in [2.75, 3.05) is 5.32 Å². The Morgan fingerprint density at radius 1 is 1.12 bits per heavy atom. The van der Waals surface area contributed by atoms with Crippen molar-refractivity contribution < 1.29 is 9.90 Å². The smallest absolute Gasteiger partial charge is 0.229 e. The first kappa shape index (κ1) is 23.8. The lowest BCUT2D eigenvalue weighted by atomic mass is 9.43. The van der Waals surface area contributed by atoms with E-state index in [0.717, 1.165) is 57.3 Å². The number of hydrogen-bond acceptors (Lipinski definition) is 4. The number of carbonyl (C=O) groups excluding carboxylic acids is 1. The van der Waals surface area contributed by atoms with Crippen molar-refractivity contribution in [1.82, 2.24) is 4.98 Å². The van der Waals surface area contributed by atoms with Gasteiger partial charge >= 0.3 is 0 Å². The first-order valence-corrected chi connectivity index (χ1v) is 13.6. The van der Waals surface area contributed by atoms with Crippen molar-refractivity contribution in [3.8, 4) is 6.07 Å². The van der Waals surface area contributed by atoms with E-state index in [-0.39, 0.29) is 17.2 Å². The predicted octanol–water partition coefficient (Wildman–Crippen LogP) is 6.08. The van der Waals surface area contributed by atoms with Gasteiger partial charge in [0.1, 0.15) is 11.9 Å². The van der Waals surface area contributed by atoms with Crippen LogP contribution in [0.25, 0.3) is 0 Å². The van der Waals surface area contributed by atoms with Crippen LogP contribution in [-0.2, 0) is 4.79 Å². The van der Waals surface area contributed by atoms with Gasteiger partial charge in [0.05, 0.1) is 11.2 Å². The number of pyridine rings is 1.